The fraction of sp³-hybridized carbons (Fsp3) is 0.909. The van der Waals surface area contributed by atoms with Crippen molar-refractivity contribution in [2.75, 3.05) is 26.3 Å². The molecule has 1 fully saturated rings. The molecular weight excluding hydrogens is 248 g/mol. The maximum atomic E-state index is 13.4. The summed E-state index contributed by atoms with van der Waals surface area (Å²) in [4.78, 5) is 12.6. The largest absolute Gasteiger partial charge is 0.444 e. The van der Waals surface area contributed by atoms with Crippen molar-refractivity contribution in [1.29, 1.82) is 0 Å². The summed E-state index contributed by atoms with van der Waals surface area (Å²) in [6.07, 6.45) is -1.64. The van der Waals surface area contributed by atoms with Gasteiger partial charge in [0.05, 0.1) is 25.8 Å². The third kappa shape index (κ3) is 4.73. The van der Waals surface area contributed by atoms with Crippen molar-refractivity contribution in [3.05, 3.63) is 0 Å². The van der Waals surface area contributed by atoms with Crippen molar-refractivity contribution >= 4 is 6.09 Å². The molecule has 0 aromatic heterocycles. The molecule has 0 aliphatic carbocycles. The first-order valence-corrected chi connectivity index (χ1v) is 5.71. The molecule has 18 heavy (non-hydrogen) atoms. The number of hydrogen-bond acceptors (Lipinski definition) is 4. The zero-order chi connectivity index (χ0) is 14.0. The number of hydrogen-bond donors (Lipinski definition) is 1. The van der Waals surface area contributed by atoms with Crippen LogP contribution in [0.3, 0.4) is 0 Å². The predicted octanol–water partition coefficient (Wildman–Crippen LogP) is 1.25. The molecule has 1 rings (SSSR count). The third-order valence-corrected chi connectivity index (χ3v) is 2.23. The van der Waals surface area contributed by atoms with E-state index in [4.69, 9.17) is 14.6 Å². The summed E-state index contributed by atoms with van der Waals surface area (Å²) < 4.78 is 36.6. The number of nitrogens with zero attached hydrogens (tertiary/aromatic N) is 1. The SMILES string of the molecule is CC(C)(C)OC(=O)N1CC(CO)OCC(F)(F)C1. The molecule has 0 aromatic carbocycles. The molecule has 0 saturated carbocycles. The molecule has 0 aromatic rings. The van der Waals surface area contributed by atoms with Crippen LogP contribution in [0.2, 0.25) is 0 Å². The molecule has 0 bridgehead atoms. The Morgan fingerprint density at radius 1 is 1.56 bits per heavy atom. The Morgan fingerprint density at radius 3 is 2.67 bits per heavy atom. The van der Waals surface area contributed by atoms with Gasteiger partial charge >= 0.3 is 6.09 Å². The zero-order valence-electron chi connectivity index (χ0n) is 10.8. The molecule has 1 atom stereocenters. The topological polar surface area (TPSA) is 59.0 Å². The number of halogens is 2. The maximum absolute atomic E-state index is 13.4. The van der Waals surface area contributed by atoms with Crippen LogP contribution in [0.4, 0.5) is 13.6 Å². The highest BCUT2D eigenvalue weighted by molar-refractivity contribution is 5.68. The Labute approximate surface area is 105 Å². The summed E-state index contributed by atoms with van der Waals surface area (Å²) >= 11 is 0. The van der Waals surface area contributed by atoms with Crippen LogP contribution in [-0.4, -0.2) is 60.0 Å². The van der Waals surface area contributed by atoms with Gasteiger partial charge in [-0.3, -0.25) is 4.90 Å². The number of ether oxygens (including phenoxy) is 2. The van der Waals surface area contributed by atoms with E-state index in [1.807, 2.05) is 0 Å². The lowest BCUT2D eigenvalue weighted by Crippen LogP contribution is -2.44. The minimum absolute atomic E-state index is 0.110. The summed E-state index contributed by atoms with van der Waals surface area (Å²) in [5.74, 6) is -3.14. The van der Waals surface area contributed by atoms with Crippen molar-refractivity contribution in [2.24, 2.45) is 0 Å². The van der Waals surface area contributed by atoms with Crippen LogP contribution < -0.4 is 0 Å². The van der Waals surface area contributed by atoms with Gasteiger partial charge in [-0.2, -0.15) is 0 Å². The van der Waals surface area contributed by atoms with Gasteiger partial charge in [-0.1, -0.05) is 0 Å². The van der Waals surface area contributed by atoms with Crippen molar-refractivity contribution in [3.63, 3.8) is 0 Å². The lowest BCUT2D eigenvalue weighted by Gasteiger charge is -2.28. The Kier molecular flexibility index (Phi) is 4.50. The second kappa shape index (κ2) is 5.36. The van der Waals surface area contributed by atoms with Crippen molar-refractivity contribution in [3.8, 4) is 0 Å². The maximum Gasteiger partial charge on any atom is 0.410 e. The minimum Gasteiger partial charge on any atom is -0.444 e. The molecule has 1 N–H and O–H groups in total. The summed E-state index contributed by atoms with van der Waals surface area (Å²) in [5, 5.41) is 8.97. The molecule has 0 radical (unpaired) electrons. The Balaban J connectivity index is 2.74. The van der Waals surface area contributed by atoms with E-state index < -0.39 is 43.5 Å². The van der Waals surface area contributed by atoms with E-state index in [1.165, 1.54) is 0 Å². The lowest BCUT2D eigenvalue weighted by molar-refractivity contribution is -0.0885. The van der Waals surface area contributed by atoms with Gasteiger partial charge < -0.3 is 14.6 Å². The molecule has 1 heterocycles. The Bertz CT molecular complexity index is 304. The van der Waals surface area contributed by atoms with Crippen LogP contribution in [-0.2, 0) is 9.47 Å². The van der Waals surface area contributed by atoms with E-state index in [9.17, 15) is 13.6 Å². The van der Waals surface area contributed by atoms with E-state index in [0.717, 1.165) is 4.90 Å². The fourth-order valence-electron chi connectivity index (χ4n) is 1.50. The number of carbonyl (C=O) groups is 1. The highest BCUT2D eigenvalue weighted by Crippen LogP contribution is 2.22. The van der Waals surface area contributed by atoms with Gasteiger partial charge in [-0.05, 0) is 20.8 Å². The monoisotopic (exact) mass is 267 g/mol. The molecule has 1 amide bonds. The van der Waals surface area contributed by atoms with Gasteiger partial charge in [0, 0.05) is 0 Å². The van der Waals surface area contributed by atoms with Gasteiger partial charge in [0.2, 0.25) is 0 Å². The van der Waals surface area contributed by atoms with Gasteiger partial charge in [-0.25, -0.2) is 13.6 Å². The number of aliphatic hydroxyl groups excluding tert-OH is 1. The van der Waals surface area contributed by atoms with Crippen molar-refractivity contribution < 1.29 is 28.2 Å². The van der Waals surface area contributed by atoms with E-state index in [0.29, 0.717) is 0 Å². The van der Waals surface area contributed by atoms with E-state index in [2.05, 4.69) is 0 Å². The van der Waals surface area contributed by atoms with Crippen LogP contribution in [0.5, 0.6) is 0 Å². The van der Waals surface area contributed by atoms with Crippen molar-refractivity contribution in [1.82, 2.24) is 4.90 Å². The van der Waals surface area contributed by atoms with Crippen LogP contribution in [0, 0.1) is 0 Å². The number of aliphatic hydroxyl groups is 1. The molecular formula is C11H19F2NO4. The first-order chi connectivity index (χ1) is 8.13. The van der Waals surface area contributed by atoms with Crippen LogP contribution >= 0.6 is 0 Å². The number of amides is 1. The molecule has 1 aliphatic rings. The van der Waals surface area contributed by atoms with Crippen LogP contribution in [0.1, 0.15) is 20.8 Å². The van der Waals surface area contributed by atoms with Crippen molar-refractivity contribution in [2.45, 2.75) is 38.4 Å². The predicted molar refractivity (Wildman–Crippen MR) is 59.6 cm³/mol. The Morgan fingerprint density at radius 2 is 2.17 bits per heavy atom. The molecule has 5 nitrogen and oxygen atoms in total. The molecule has 0 spiro atoms. The molecule has 1 aliphatic heterocycles. The summed E-state index contributed by atoms with van der Waals surface area (Å²) in [6, 6.07) is 0. The van der Waals surface area contributed by atoms with Gasteiger partial charge in [0.1, 0.15) is 12.2 Å². The first kappa shape index (κ1) is 15.1. The first-order valence-electron chi connectivity index (χ1n) is 5.71. The molecule has 7 heteroatoms. The highest BCUT2D eigenvalue weighted by Gasteiger charge is 2.40. The molecule has 1 unspecified atom stereocenters. The van der Waals surface area contributed by atoms with E-state index in [-0.39, 0.29) is 6.54 Å². The number of carbonyl (C=O) groups excluding carboxylic acids is 1. The van der Waals surface area contributed by atoms with E-state index >= 15 is 0 Å². The van der Waals surface area contributed by atoms with Crippen LogP contribution in [0.25, 0.3) is 0 Å². The smallest absolute Gasteiger partial charge is 0.410 e. The number of rotatable bonds is 1. The lowest BCUT2D eigenvalue weighted by atomic mass is 10.2. The molecule has 106 valence electrons. The highest BCUT2D eigenvalue weighted by atomic mass is 19.3. The fourth-order valence-corrected chi connectivity index (χ4v) is 1.50. The Hall–Kier alpha value is -0.950. The van der Waals surface area contributed by atoms with E-state index in [1.54, 1.807) is 20.8 Å². The van der Waals surface area contributed by atoms with Gasteiger partial charge in [-0.15, -0.1) is 0 Å². The molecule has 1 saturated heterocycles. The minimum atomic E-state index is -3.14. The summed E-state index contributed by atoms with van der Waals surface area (Å²) in [6.45, 7) is 2.86. The second-order valence-corrected chi connectivity index (χ2v) is 5.33. The second-order valence-electron chi connectivity index (χ2n) is 5.33. The average Bonchev–Trinajstić information content (AvgIpc) is 2.34. The van der Waals surface area contributed by atoms with Gasteiger partial charge in [0.25, 0.3) is 5.92 Å². The average molecular weight is 267 g/mol. The third-order valence-electron chi connectivity index (χ3n) is 2.23. The van der Waals surface area contributed by atoms with Crippen LogP contribution in [0.15, 0.2) is 0 Å². The summed E-state index contributed by atoms with van der Waals surface area (Å²) in [5.41, 5.74) is -0.756. The quantitative estimate of drug-likeness (QED) is 0.776. The summed E-state index contributed by atoms with van der Waals surface area (Å²) in [7, 11) is 0. The number of alkyl halides is 2. The normalized spacial score (nSPS) is 24.6. The van der Waals surface area contributed by atoms with Gasteiger partial charge in [0.15, 0.2) is 0 Å². The standard InChI is InChI=1S/C11H19F2NO4/c1-10(2,3)18-9(16)14-4-8(5-15)17-7-11(12,13)6-14/h8,15H,4-7H2,1-3H3. The zero-order valence-corrected chi connectivity index (χ0v) is 10.8.